The predicted molar refractivity (Wildman–Crippen MR) is 106 cm³/mol. The van der Waals surface area contributed by atoms with E-state index in [0.717, 1.165) is 11.3 Å². The lowest BCUT2D eigenvalue weighted by atomic mass is 10.0. The highest BCUT2D eigenvalue weighted by atomic mass is 16.2. The van der Waals surface area contributed by atoms with Gasteiger partial charge in [-0.3, -0.25) is 9.59 Å². The highest BCUT2D eigenvalue weighted by Crippen LogP contribution is 2.15. The number of hydrogen-bond donors (Lipinski definition) is 2. The number of carbonyl (C=O) groups excluding carboxylic acids is 2. The van der Waals surface area contributed by atoms with Gasteiger partial charge >= 0.3 is 0 Å². The summed E-state index contributed by atoms with van der Waals surface area (Å²) in [6.45, 7) is 3.78. The molecule has 27 heavy (non-hydrogen) atoms. The molecule has 0 aliphatic carbocycles. The summed E-state index contributed by atoms with van der Waals surface area (Å²) in [5.41, 5.74) is 2.21. The zero-order chi connectivity index (χ0) is 19.2. The Morgan fingerprint density at radius 3 is 2.04 bits per heavy atom. The van der Waals surface area contributed by atoms with Crippen molar-refractivity contribution in [3.63, 3.8) is 0 Å². The normalized spacial score (nSPS) is 11.8. The number of nitrogens with one attached hydrogen (secondary N) is 2. The lowest BCUT2D eigenvalue weighted by Crippen LogP contribution is -2.42. The Kier molecular flexibility index (Phi) is 5.71. The Bertz CT molecular complexity index is 885. The van der Waals surface area contributed by atoms with E-state index in [1.54, 1.807) is 12.1 Å². The molecule has 5 heteroatoms. The topological polar surface area (TPSA) is 63.1 Å². The van der Waals surface area contributed by atoms with Crippen LogP contribution in [0.15, 0.2) is 79.1 Å². The van der Waals surface area contributed by atoms with Gasteiger partial charge in [0.2, 0.25) is 5.91 Å². The van der Waals surface area contributed by atoms with Gasteiger partial charge < -0.3 is 15.2 Å². The molecule has 1 aromatic heterocycles. The van der Waals surface area contributed by atoms with Gasteiger partial charge in [0.15, 0.2) is 0 Å². The van der Waals surface area contributed by atoms with Crippen LogP contribution >= 0.6 is 0 Å². The number of carbonyl (C=O) groups is 2. The van der Waals surface area contributed by atoms with Gasteiger partial charge in [-0.15, -0.1) is 0 Å². The Labute approximate surface area is 159 Å². The van der Waals surface area contributed by atoms with E-state index in [1.807, 2.05) is 85.4 Å². The number of nitrogens with zero attached hydrogens (tertiary/aromatic N) is 1. The van der Waals surface area contributed by atoms with E-state index in [4.69, 9.17) is 0 Å². The van der Waals surface area contributed by atoms with E-state index < -0.39 is 6.04 Å². The van der Waals surface area contributed by atoms with Crippen molar-refractivity contribution in [1.29, 1.82) is 0 Å². The molecule has 0 saturated heterocycles. The van der Waals surface area contributed by atoms with Gasteiger partial charge in [-0.05, 0) is 55.8 Å². The van der Waals surface area contributed by atoms with Crippen LogP contribution in [-0.4, -0.2) is 22.4 Å². The SMILES string of the molecule is CC(C)NC(=O)[C@@H](NC(=O)c1ccc(-n2cccc2)cc1)c1ccccc1. The van der Waals surface area contributed by atoms with E-state index in [2.05, 4.69) is 10.6 Å². The summed E-state index contributed by atoms with van der Waals surface area (Å²) in [6.07, 6.45) is 3.88. The molecule has 2 N–H and O–H groups in total. The fourth-order valence-corrected chi connectivity index (χ4v) is 2.82. The first-order valence-electron chi connectivity index (χ1n) is 8.94. The third kappa shape index (κ3) is 4.64. The standard InChI is InChI=1S/C22H23N3O2/c1-16(2)23-22(27)20(17-8-4-3-5-9-17)24-21(26)18-10-12-19(13-11-18)25-14-6-7-15-25/h3-16,20H,1-2H3,(H,23,27)(H,24,26)/t20-/m0/s1. The van der Waals surface area contributed by atoms with E-state index in [1.165, 1.54) is 0 Å². The maximum absolute atomic E-state index is 12.7. The van der Waals surface area contributed by atoms with Crippen molar-refractivity contribution >= 4 is 11.8 Å². The molecule has 0 saturated carbocycles. The molecular weight excluding hydrogens is 338 g/mol. The van der Waals surface area contributed by atoms with Crippen LogP contribution in [0.1, 0.15) is 35.8 Å². The Hall–Kier alpha value is -3.34. The van der Waals surface area contributed by atoms with Crippen LogP contribution in [-0.2, 0) is 4.79 Å². The number of benzene rings is 2. The molecule has 138 valence electrons. The molecule has 2 aromatic carbocycles. The molecule has 3 rings (SSSR count). The fraction of sp³-hybridized carbons (Fsp3) is 0.182. The third-order valence-corrected chi connectivity index (χ3v) is 4.13. The number of amides is 2. The van der Waals surface area contributed by atoms with Crippen LogP contribution in [0.25, 0.3) is 5.69 Å². The lowest BCUT2D eigenvalue weighted by molar-refractivity contribution is -0.123. The summed E-state index contributed by atoms with van der Waals surface area (Å²) < 4.78 is 1.96. The van der Waals surface area contributed by atoms with Gasteiger partial charge in [-0.1, -0.05) is 30.3 Å². The van der Waals surface area contributed by atoms with Gasteiger partial charge in [0.25, 0.3) is 5.91 Å². The van der Waals surface area contributed by atoms with Crippen molar-refractivity contribution in [3.8, 4) is 5.69 Å². The van der Waals surface area contributed by atoms with Crippen LogP contribution in [0.4, 0.5) is 0 Å². The quantitative estimate of drug-likeness (QED) is 0.706. The van der Waals surface area contributed by atoms with Crippen LogP contribution < -0.4 is 10.6 Å². The molecule has 0 unspecified atom stereocenters. The highest BCUT2D eigenvalue weighted by Gasteiger charge is 2.23. The summed E-state index contributed by atoms with van der Waals surface area (Å²) in [5.74, 6) is -0.518. The molecule has 1 heterocycles. The first kappa shape index (κ1) is 18.5. The molecule has 0 aliphatic heterocycles. The monoisotopic (exact) mass is 361 g/mol. The number of rotatable bonds is 6. The van der Waals surface area contributed by atoms with Gasteiger partial charge in [-0.25, -0.2) is 0 Å². The summed E-state index contributed by atoms with van der Waals surface area (Å²) in [7, 11) is 0. The van der Waals surface area contributed by atoms with Crippen LogP contribution in [0.3, 0.4) is 0 Å². The summed E-state index contributed by atoms with van der Waals surface area (Å²) >= 11 is 0. The highest BCUT2D eigenvalue weighted by molar-refractivity contribution is 5.98. The summed E-state index contributed by atoms with van der Waals surface area (Å²) in [6, 6.07) is 19.6. The van der Waals surface area contributed by atoms with Gasteiger partial charge in [0.1, 0.15) is 6.04 Å². The van der Waals surface area contributed by atoms with E-state index in [0.29, 0.717) is 5.56 Å². The van der Waals surface area contributed by atoms with Crippen LogP contribution in [0, 0.1) is 0 Å². The molecule has 5 nitrogen and oxygen atoms in total. The van der Waals surface area contributed by atoms with Gasteiger partial charge in [-0.2, -0.15) is 0 Å². The average Bonchev–Trinajstić information content (AvgIpc) is 3.21. The number of aromatic nitrogens is 1. The predicted octanol–water partition coefficient (Wildman–Crippen LogP) is 3.47. The van der Waals surface area contributed by atoms with Crippen molar-refractivity contribution in [1.82, 2.24) is 15.2 Å². The second kappa shape index (κ2) is 8.36. The lowest BCUT2D eigenvalue weighted by Gasteiger charge is -2.20. The third-order valence-electron chi connectivity index (χ3n) is 4.13. The molecule has 3 aromatic rings. The second-order valence-corrected chi connectivity index (χ2v) is 6.62. The first-order chi connectivity index (χ1) is 13.0. The van der Waals surface area contributed by atoms with Crippen molar-refractivity contribution in [2.75, 3.05) is 0 Å². The van der Waals surface area contributed by atoms with E-state index in [-0.39, 0.29) is 17.9 Å². The van der Waals surface area contributed by atoms with Gasteiger partial charge in [0.05, 0.1) is 0 Å². The van der Waals surface area contributed by atoms with Crippen molar-refractivity contribution < 1.29 is 9.59 Å². The van der Waals surface area contributed by atoms with Gasteiger partial charge in [0, 0.05) is 29.7 Å². The van der Waals surface area contributed by atoms with Crippen molar-refractivity contribution in [3.05, 3.63) is 90.3 Å². The summed E-state index contributed by atoms with van der Waals surface area (Å²) in [4.78, 5) is 25.3. The minimum absolute atomic E-state index is 0.0125. The molecule has 0 bridgehead atoms. The maximum Gasteiger partial charge on any atom is 0.252 e. The molecule has 0 aliphatic rings. The average molecular weight is 361 g/mol. The zero-order valence-corrected chi connectivity index (χ0v) is 15.4. The molecule has 0 fully saturated rings. The minimum atomic E-state index is -0.745. The molecule has 0 radical (unpaired) electrons. The smallest absolute Gasteiger partial charge is 0.252 e. The van der Waals surface area contributed by atoms with E-state index in [9.17, 15) is 9.59 Å². The molecular formula is C22H23N3O2. The zero-order valence-electron chi connectivity index (χ0n) is 15.4. The minimum Gasteiger partial charge on any atom is -0.352 e. The molecule has 0 spiro atoms. The number of hydrogen-bond acceptors (Lipinski definition) is 2. The summed E-state index contributed by atoms with van der Waals surface area (Å²) in [5, 5.41) is 5.72. The first-order valence-corrected chi connectivity index (χ1v) is 8.94. The Balaban J connectivity index is 1.78. The largest absolute Gasteiger partial charge is 0.352 e. The van der Waals surface area contributed by atoms with Crippen molar-refractivity contribution in [2.45, 2.75) is 25.9 Å². The fourth-order valence-electron chi connectivity index (χ4n) is 2.82. The van der Waals surface area contributed by atoms with Crippen LogP contribution in [0.5, 0.6) is 0 Å². The Morgan fingerprint density at radius 2 is 1.44 bits per heavy atom. The van der Waals surface area contributed by atoms with E-state index >= 15 is 0 Å². The van der Waals surface area contributed by atoms with Crippen LogP contribution in [0.2, 0.25) is 0 Å². The Morgan fingerprint density at radius 1 is 0.815 bits per heavy atom. The second-order valence-electron chi connectivity index (χ2n) is 6.62. The molecule has 2 amide bonds. The molecule has 1 atom stereocenters. The van der Waals surface area contributed by atoms with Crippen molar-refractivity contribution in [2.24, 2.45) is 0 Å². The maximum atomic E-state index is 12.7.